The Morgan fingerprint density at radius 1 is 1.00 bits per heavy atom. The van der Waals surface area contributed by atoms with Crippen molar-refractivity contribution in [3.05, 3.63) is 52.7 Å². The van der Waals surface area contributed by atoms with Crippen LogP contribution in [0, 0.1) is 6.92 Å². The average molecular weight is 284 g/mol. The molecule has 3 aromatic rings. The summed E-state index contributed by atoms with van der Waals surface area (Å²) >= 11 is 0. The van der Waals surface area contributed by atoms with Crippen molar-refractivity contribution < 1.29 is 9.47 Å². The first-order valence-corrected chi connectivity index (χ1v) is 6.57. The van der Waals surface area contributed by atoms with Gasteiger partial charge >= 0.3 is 5.69 Å². The van der Waals surface area contributed by atoms with Crippen LogP contribution in [0.1, 0.15) is 5.69 Å². The first-order valence-electron chi connectivity index (χ1n) is 6.57. The van der Waals surface area contributed by atoms with E-state index in [1.54, 1.807) is 18.6 Å². The number of nitrogens with one attached hydrogen (secondary N) is 1. The third kappa shape index (κ3) is 2.27. The molecule has 0 bridgehead atoms. The summed E-state index contributed by atoms with van der Waals surface area (Å²) in [5.41, 5.74) is 3.47. The number of H-pyrrole nitrogens is 1. The summed E-state index contributed by atoms with van der Waals surface area (Å²) in [7, 11) is 3.21. The van der Waals surface area contributed by atoms with Gasteiger partial charge in [0.05, 0.1) is 19.7 Å². The molecule has 0 radical (unpaired) electrons. The number of hydrogen-bond acceptors (Lipinski definition) is 3. The predicted molar refractivity (Wildman–Crippen MR) is 81.3 cm³/mol. The number of hydrogen-bond donors (Lipinski definition) is 1. The predicted octanol–water partition coefficient (Wildman–Crippen LogP) is 2.62. The highest BCUT2D eigenvalue weighted by molar-refractivity contribution is 5.72. The second-order valence-corrected chi connectivity index (χ2v) is 4.85. The van der Waals surface area contributed by atoms with Crippen molar-refractivity contribution >= 4 is 5.52 Å². The number of aryl methyl sites for hydroxylation is 1. The fourth-order valence-corrected chi connectivity index (χ4v) is 2.43. The Morgan fingerprint density at radius 2 is 1.76 bits per heavy atom. The molecule has 2 aromatic heterocycles. The van der Waals surface area contributed by atoms with Gasteiger partial charge in [-0.3, -0.25) is 4.40 Å². The van der Waals surface area contributed by atoms with E-state index in [-0.39, 0.29) is 5.69 Å². The van der Waals surface area contributed by atoms with E-state index in [1.165, 1.54) is 0 Å². The van der Waals surface area contributed by atoms with Gasteiger partial charge in [-0.15, -0.1) is 0 Å². The first-order chi connectivity index (χ1) is 10.1. The summed E-state index contributed by atoms with van der Waals surface area (Å²) in [5.74, 6) is 1.34. The molecular weight excluding hydrogens is 268 g/mol. The molecule has 0 amide bonds. The molecule has 0 saturated carbocycles. The van der Waals surface area contributed by atoms with E-state index in [9.17, 15) is 4.79 Å². The highest BCUT2D eigenvalue weighted by Crippen LogP contribution is 2.32. The number of rotatable bonds is 3. The molecule has 5 heteroatoms. The van der Waals surface area contributed by atoms with Crippen LogP contribution in [0.4, 0.5) is 0 Å². The fraction of sp³-hybridized carbons (Fsp3) is 0.188. The molecule has 108 valence electrons. The number of aromatic nitrogens is 2. The molecule has 3 rings (SSSR count). The minimum Gasteiger partial charge on any atom is -0.493 e. The Bertz CT molecular complexity index is 862. The zero-order valence-electron chi connectivity index (χ0n) is 12.1. The van der Waals surface area contributed by atoms with Gasteiger partial charge in [-0.25, -0.2) is 4.79 Å². The van der Waals surface area contributed by atoms with Crippen molar-refractivity contribution in [3.8, 4) is 22.6 Å². The number of fused-ring (bicyclic) bond motifs is 1. The summed E-state index contributed by atoms with van der Waals surface area (Å²) in [6, 6.07) is 9.60. The Balaban J connectivity index is 2.16. The second kappa shape index (κ2) is 5.01. The van der Waals surface area contributed by atoms with Gasteiger partial charge in [0.25, 0.3) is 0 Å². The van der Waals surface area contributed by atoms with Crippen molar-refractivity contribution in [3.63, 3.8) is 0 Å². The number of methoxy groups -OCH3 is 2. The van der Waals surface area contributed by atoms with Gasteiger partial charge < -0.3 is 14.5 Å². The summed E-state index contributed by atoms with van der Waals surface area (Å²) in [6.45, 7) is 1.87. The van der Waals surface area contributed by atoms with Crippen molar-refractivity contribution in [2.75, 3.05) is 14.2 Å². The zero-order chi connectivity index (χ0) is 15.0. The molecule has 1 aromatic carbocycles. The largest absolute Gasteiger partial charge is 0.493 e. The molecule has 0 fully saturated rings. The number of benzene rings is 1. The maximum Gasteiger partial charge on any atom is 0.330 e. The second-order valence-electron chi connectivity index (χ2n) is 4.85. The summed E-state index contributed by atoms with van der Waals surface area (Å²) in [6.07, 6.45) is 1.81. The molecule has 0 aliphatic rings. The quantitative estimate of drug-likeness (QED) is 0.804. The molecule has 5 nitrogen and oxygen atoms in total. The monoisotopic (exact) mass is 284 g/mol. The molecule has 0 aliphatic heterocycles. The maximum atomic E-state index is 11.9. The van der Waals surface area contributed by atoms with E-state index >= 15 is 0 Å². The van der Waals surface area contributed by atoms with Crippen molar-refractivity contribution in [2.24, 2.45) is 0 Å². The Kier molecular flexibility index (Phi) is 3.17. The van der Waals surface area contributed by atoms with Crippen LogP contribution in [0.25, 0.3) is 16.6 Å². The normalized spacial score (nSPS) is 10.8. The van der Waals surface area contributed by atoms with E-state index in [1.807, 2.05) is 43.5 Å². The third-order valence-corrected chi connectivity index (χ3v) is 3.45. The Hall–Kier alpha value is -2.69. The molecular formula is C16H16N2O3. The van der Waals surface area contributed by atoms with Crippen LogP contribution >= 0.6 is 0 Å². The fourth-order valence-electron chi connectivity index (χ4n) is 2.43. The molecule has 21 heavy (non-hydrogen) atoms. The molecule has 1 N–H and O–H groups in total. The van der Waals surface area contributed by atoms with E-state index in [4.69, 9.17) is 9.47 Å². The van der Waals surface area contributed by atoms with Crippen molar-refractivity contribution in [1.82, 2.24) is 9.38 Å². The SMILES string of the molecule is COc1ccc(-c2cc3cc(C)[nH]c(=O)n3c2)cc1OC. The number of nitrogens with zero attached hydrogens (tertiary/aromatic N) is 1. The summed E-state index contributed by atoms with van der Waals surface area (Å²) in [4.78, 5) is 14.7. The van der Waals surface area contributed by atoms with Crippen LogP contribution in [0.5, 0.6) is 11.5 Å². The van der Waals surface area contributed by atoms with E-state index < -0.39 is 0 Å². The Morgan fingerprint density at radius 3 is 2.48 bits per heavy atom. The van der Waals surface area contributed by atoms with Crippen molar-refractivity contribution in [1.29, 1.82) is 0 Å². The first kappa shape index (κ1) is 13.3. The van der Waals surface area contributed by atoms with E-state index in [0.29, 0.717) is 11.5 Å². The molecule has 0 saturated heterocycles. The Labute approximate surface area is 121 Å². The van der Waals surface area contributed by atoms with Crippen LogP contribution in [0.2, 0.25) is 0 Å². The van der Waals surface area contributed by atoms with Gasteiger partial charge in [-0.1, -0.05) is 6.07 Å². The third-order valence-electron chi connectivity index (χ3n) is 3.45. The van der Waals surface area contributed by atoms with Gasteiger partial charge in [0.15, 0.2) is 11.5 Å². The smallest absolute Gasteiger partial charge is 0.330 e. The van der Waals surface area contributed by atoms with Crippen LogP contribution in [-0.4, -0.2) is 23.6 Å². The topological polar surface area (TPSA) is 55.7 Å². The minimum absolute atomic E-state index is 0.142. The highest BCUT2D eigenvalue weighted by Gasteiger charge is 2.09. The lowest BCUT2D eigenvalue weighted by Gasteiger charge is -2.08. The van der Waals surface area contributed by atoms with Gasteiger partial charge in [-0.2, -0.15) is 0 Å². The van der Waals surface area contributed by atoms with Crippen LogP contribution in [-0.2, 0) is 0 Å². The molecule has 0 atom stereocenters. The maximum absolute atomic E-state index is 11.9. The van der Waals surface area contributed by atoms with Gasteiger partial charge in [0.2, 0.25) is 0 Å². The van der Waals surface area contributed by atoms with Gasteiger partial charge in [0, 0.05) is 17.5 Å². The zero-order valence-corrected chi connectivity index (χ0v) is 12.1. The lowest BCUT2D eigenvalue weighted by molar-refractivity contribution is 0.355. The lowest BCUT2D eigenvalue weighted by atomic mass is 10.1. The van der Waals surface area contributed by atoms with Crippen LogP contribution < -0.4 is 15.2 Å². The average Bonchev–Trinajstić information content (AvgIpc) is 2.90. The van der Waals surface area contributed by atoms with Gasteiger partial charge in [0.1, 0.15) is 0 Å². The summed E-state index contributed by atoms with van der Waals surface area (Å²) in [5, 5.41) is 0. The van der Waals surface area contributed by atoms with E-state index in [2.05, 4.69) is 4.98 Å². The minimum atomic E-state index is -0.142. The molecule has 0 aliphatic carbocycles. The van der Waals surface area contributed by atoms with E-state index in [0.717, 1.165) is 22.3 Å². The highest BCUT2D eigenvalue weighted by atomic mass is 16.5. The lowest BCUT2D eigenvalue weighted by Crippen LogP contribution is -2.15. The van der Waals surface area contributed by atoms with Crippen LogP contribution in [0.15, 0.2) is 41.3 Å². The molecule has 0 unspecified atom stereocenters. The number of aromatic amines is 1. The standard InChI is InChI=1S/C16H16N2O3/c1-10-6-13-7-12(9-18(13)16(19)17-10)11-4-5-14(20-2)15(8-11)21-3/h4-9H,1-3H3,(H,17,19). The summed E-state index contributed by atoms with van der Waals surface area (Å²) < 4.78 is 12.1. The van der Waals surface area contributed by atoms with Gasteiger partial charge in [-0.05, 0) is 36.8 Å². The van der Waals surface area contributed by atoms with Crippen LogP contribution in [0.3, 0.4) is 0 Å². The molecule has 0 spiro atoms. The van der Waals surface area contributed by atoms with Crippen molar-refractivity contribution in [2.45, 2.75) is 6.92 Å². The number of ether oxygens (including phenoxy) is 2. The molecule has 2 heterocycles.